The molecule has 0 unspecified atom stereocenters. The fourth-order valence-corrected chi connectivity index (χ4v) is 1.74. The molecule has 3 nitrogen and oxygen atoms in total. The molecule has 0 radical (unpaired) electrons. The van der Waals surface area contributed by atoms with Crippen LogP contribution in [0.3, 0.4) is 0 Å². The van der Waals surface area contributed by atoms with Gasteiger partial charge in [-0.2, -0.15) is 4.98 Å². The van der Waals surface area contributed by atoms with E-state index in [9.17, 15) is 0 Å². The molecule has 1 heterocycles. The van der Waals surface area contributed by atoms with Gasteiger partial charge in [-0.3, -0.25) is 0 Å². The van der Waals surface area contributed by atoms with Crippen molar-refractivity contribution in [3.8, 4) is 22.8 Å². The molecule has 1 aromatic heterocycles. The molecule has 0 aliphatic rings. The first kappa shape index (κ1) is 10.7. The van der Waals surface area contributed by atoms with Gasteiger partial charge in [-0.15, -0.1) is 0 Å². The Balaban J connectivity index is 1.97. The highest BCUT2D eigenvalue weighted by molar-refractivity contribution is 5.59. The average molecular weight is 236 g/mol. The summed E-state index contributed by atoms with van der Waals surface area (Å²) in [5.41, 5.74) is 3.11. The van der Waals surface area contributed by atoms with E-state index >= 15 is 0 Å². The topological polar surface area (TPSA) is 38.9 Å². The molecule has 0 amide bonds. The van der Waals surface area contributed by atoms with Gasteiger partial charge in [0.05, 0.1) is 0 Å². The minimum absolute atomic E-state index is 0.547. The lowest BCUT2D eigenvalue weighted by atomic mass is 10.1. The van der Waals surface area contributed by atoms with Crippen molar-refractivity contribution < 1.29 is 4.52 Å². The van der Waals surface area contributed by atoms with E-state index in [1.807, 2.05) is 54.6 Å². The summed E-state index contributed by atoms with van der Waals surface area (Å²) >= 11 is 0. The quantitative estimate of drug-likeness (QED) is 0.680. The second-order valence-corrected chi connectivity index (χ2v) is 4.16. The van der Waals surface area contributed by atoms with Crippen LogP contribution in [0.1, 0.15) is 5.56 Å². The summed E-state index contributed by atoms with van der Waals surface area (Å²) in [6, 6.07) is 17.8. The molecule has 3 aromatic rings. The SMILES string of the molecule is Cc1ccc(-c2noc(-c3ccccc3)n2)cc1. The van der Waals surface area contributed by atoms with Crippen LogP contribution < -0.4 is 0 Å². The Morgan fingerprint density at radius 1 is 0.833 bits per heavy atom. The first-order chi connectivity index (χ1) is 8.83. The van der Waals surface area contributed by atoms with Crippen LogP contribution >= 0.6 is 0 Å². The second-order valence-electron chi connectivity index (χ2n) is 4.16. The van der Waals surface area contributed by atoms with Crippen LogP contribution in [0.15, 0.2) is 59.1 Å². The lowest BCUT2D eigenvalue weighted by molar-refractivity contribution is 0.432. The normalized spacial score (nSPS) is 10.5. The molecule has 0 saturated heterocycles. The molecule has 0 bridgehead atoms. The van der Waals surface area contributed by atoms with Crippen LogP contribution in [0.25, 0.3) is 22.8 Å². The Labute approximate surface area is 105 Å². The maximum Gasteiger partial charge on any atom is 0.258 e. The molecule has 0 aliphatic heterocycles. The molecule has 0 fully saturated rings. The van der Waals surface area contributed by atoms with Crippen molar-refractivity contribution in [1.29, 1.82) is 0 Å². The molecule has 2 aromatic carbocycles. The molecule has 3 rings (SSSR count). The van der Waals surface area contributed by atoms with Gasteiger partial charge in [0.15, 0.2) is 0 Å². The third kappa shape index (κ3) is 2.02. The Bertz CT molecular complexity index is 642. The summed E-state index contributed by atoms with van der Waals surface area (Å²) in [6.07, 6.45) is 0. The van der Waals surface area contributed by atoms with Crippen molar-refractivity contribution in [1.82, 2.24) is 10.1 Å². The maximum absolute atomic E-state index is 5.27. The summed E-state index contributed by atoms with van der Waals surface area (Å²) in [4.78, 5) is 4.40. The van der Waals surface area contributed by atoms with E-state index in [2.05, 4.69) is 17.1 Å². The first-order valence-electron chi connectivity index (χ1n) is 5.79. The molecule has 0 spiro atoms. The maximum atomic E-state index is 5.27. The van der Waals surface area contributed by atoms with Crippen molar-refractivity contribution in [2.45, 2.75) is 6.92 Å². The van der Waals surface area contributed by atoms with E-state index in [1.165, 1.54) is 5.56 Å². The van der Waals surface area contributed by atoms with Crippen molar-refractivity contribution >= 4 is 0 Å². The monoisotopic (exact) mass is 236 g/mol. The summed E-state index contributed by atoms with van der Waals surface area (Å²) in [6.45, 7) is 2.05. The Kier molecular flexibility index (Phi) is 2.65. The highest BCUT2D eigenvalue weighted by Crippen LogP contribution is 2.21. The zero-order chi connectivity index (χ0) is 12.4. The van der Waals surface area contributed by atoms with Gasteiger partial charge >= 0.3 is 0 Å². The van der Waals surface area contributed by atoms with Gasteiger partial charge in [-0.25, -0.2) is 0 Å². The van der Waals surface area contributed by atoms with E-state index in [1.54, 1.807) is 0 Å². The molecule has 0 N–H and O–H groups in total. The van der Waals surface area contributed by atoms with Gasteiger partial charge in [0.2, 0.25) is 5.82 Å². The van der Waals surface area contributed by atoms with Gasteiger partial charge in [0.25, 0.3) is 5.89 Å². The van der Waals surface area contributed by atoms with E-state index in [4.69, 9.17) is 4.52 Å². The summed E-state index contributed by atoms with van der Waals surface area (Å²) in [5, 5.41) is 4.01. The van der Waals surface area contributed by atoms with Crippen LogP contribution in [-0.2, 0) is 0 Å². The molecule has 18 heavy (non-hydrogen) atoms. The third-order valence-electron chi connectivity index (χ3n) is 2.76. The lowest BCUT2D eigenvalue weighted by Gasteiger charge is -1.94. The molecular formula is C15H12N2O. The van der Waals surface area contributed by atoms with Crippen LogP contribution in [0.4, 0.5) is 0 Å². The predicted octanol–water partition coefficient (Wildman–Crippen LogP) is 3.71. The van der Waals surface area contributed by atoms with Crippen LogP contribution in [0.2, 0.25) is 0 Å². The number of hydrogen-bond donors (Lipinski definition) is 0. The summed E-state index contributed by atoms with van der Waals surface area (Å²) in [5.74, 6) is 1.17. The van der Waals surface area contributed by atoms with Crippen LogP contribution in [-0.4, -0.2) is 10.1 Å². The number of rotatable bonds is 2. The molecule has 0 aliphatic carbocycles. The zero-order valence-electron chi connectivity index (χ0n) is 10.00. The minimum atomic E-state index is 0.547. The Hall–Kier alpha value is -2.42. The Morgan fingerprint density at radius 2 is 1.56 bits per heavy atom. The lowest BCUT2D eigenvalue weighted by Crippen LogP contribution is -1.81. The predicted molar refractivity (Wildman–Crippen MR) is 69.9 cm³/mol. The van der Waals surface area contributed by atoms with Crippen molar-refractivity contribution in [3.05, 3.63) is 60.2 Å². The molecule has 88 valence electrons. The minimum Gasteiger partial charge on any atom is -0.334 e. The van der Waals surface area contributed by atoms with Crippen molar-refractivity contribution in [2.24, 2.45) is 0 Å². The van der Waals surface area contributed by atoms with Gasteiger partial charge in [0.1, 0.15) is 0 Å². The fraction of sp³-hybridized carbons (Fsp3) is 0.0667. The number of nitrogens with zero attached hydrogens (tertiary/aromatic N) is 2. The largest absolute Gasteiger partial charge is 0.334 e. The fourth-order valence-electron chi connectivity index (χ4n) is 1.74. The van der Waals surface area contributed by atoms with Crippen molar-refractivity contribution in [3.63, 3.8) is 0 Å². The number of benzene rings is 2. The summed E-state index contributed by atoms with van der Waals surface area (Å²) in [7, 11) is 0. The van der Waals surface area contributed by atoms with Gasteiger partial charge in [0, 0.05) is 11.1 Å². The first-order valence-corrected chi connectivity index (χ1v) is 5.79. The van der Waals surface area contributed by atoms with Gasteiger partial charge < -0.3 is 4.52 Å². The second kappa shape index (κ2) is 4.45. The highest BCUT2D eigenvalue weighted by Gasteiger charge is 2.09. The molecule has 0 saturated carbocycles. The zero-order valence-corrected chi connectivity index (χ0v) is 10.00. The standard InChI is InChI=1S/C15H12N2O/c1-11-7-9-12(10-8-11)14-16-15(18-17-14)13-5-3-2-4-6-13/h2-10H,1H3. The highest BCUT2D eigenvalue weighted by atomic mass is 16.5. The smallest absolute Gasteiger partial charge is 0.258 e. The van der Waals surface area contributed by atoms with Crippen LogP contribution in [0, 0.1) is 6.92 Å². The van der Waals surface area contributed by atoms with E-state index < -0.39 is 0 Å². The number of aromatic nitrogens is 2. The van der Waals surface area contributed by atoms with E-state index in [0.717, 1.165) is 11.1 Å². The van der Waals surface area contributed by atoms with Gasteiger partial charge in [-0.1, -0.05) is 53.2 Å². The van der Waals surface area contributed by atoms with Gasteiger partial charge in [-0.05, 0) is 19.1 Å². The molecule has 3 heteroatoms. The van der Waals surface area contributed by atoms with E-state index in [0.29, 0.717) is 11.7 Å². The summed E-state index contributed by atoms with van der Waals surface area (Å²) < 4.78 is 5.27. The third-order valence-corrected chi connectivity index (χ3v) is 2.76. The average Bonchev–Trinajstić information content (AvgIpc) is 2.90. The van der Waals surface area contributed by atoms with E-state index in [-0.39, 0.29) is 0 Å². The molecule has 0 atom stereocenters. The van der Waals surface area contributed by atoms with Crippen molar-refractivity contribution in [2.75, 3.05) is 0 Å². The number of aryl methyl sites for hydroxylation is 1. The van der Waals surface area contributed by atoms with Crippen LogP contribution in [0.5, 0.6) is 0 Å². The Morgan fingerprint density at radius 3 is 2.28 bits per heavy atom. The molecular weight excluding hydrogens is 224 g/mol. The number of hydrogen-bond acceptors (Lipinski definition) is 3.